The summed E-state index contributed by atoms with van der Waals surface area (Å²) in [5.41, 5.74) is 5.70. The van der Waals surface area contributed by atoms with Crippen LogP contribution in [0.5, 0.6) is 0 Å². The summed E-state index contributed by atoms with van der Waals surface area (Å²) in [6, 6.07) is -0.586. The fourth-order valence-corrected chi connectivity index (χ4v) is 2.70. The Hall–Kier alpha value is -0.590. The highest BCUT2D eigenvalue weighted by Gasteiger charge is 2.25. The SMILES string of the molecule is C[C@@H](O)[C@H](N)c1nc(C2CCCS2)no1. The molecule has 15 heavy (non-hydrogen) atoms. The maximum Gasteiger partial charge on any atom is 0.246 e. The number of aliphatic hydroxyl groups is 1. The quantitative estimate of drug-likeness (QED) is 0.805. The van der Waals surface area contributed by atoms with E-state index in [0.717, 1.165) is 12.2 Å². The zero-order valence-corrected chi connectivity index (χ0v) is 9.41. The Morgan fingerprint density at radius 2 is 2.47 bits per heavy atom. The lowest BCUT2D eigenvalue weighted by atomic mass is 10.2. The molecule has 0 aliphatic carbocycles. The van der Waals surface area contributed by atoms with Gasteiger partial charge in [-0.15, -0.1) is 0 Å². The molecule has 2 rings (SSSR count). The first kappa shape index (κ1) is 10.9. The molecule has 1 saturated heterocycles. The predicted octanol–water partition coefficient (Wildman–Crippen LogP) is 1.02. The van der Waals surface area contributed by atoms with Gasteiger partial charge in [-0.1, -0.05) is 5.16 Å². The second kappa shape index (κ2) is 4.51. The number of hydrogen-bond donors (Lipinski definition) is 2. The van der Waals surface area contributed by atoms with E-state index in [1.54, 1.807) is 6.92 Å². The zero-order chi connectivity index (χ0) is 10.8. The summed E-state index contributed by atoms with van der Waals surface area (Å²) in [4.78, 5) is 4.23. The lowest BCUT2D eigenvalue weighted by molar-refractivity contribution is 0.146. The van der Waals surface area contributed by atoms with Gasteiger partial charge in [-0.25, -0.2) is 0 Å². The summed E-state index contributed by atoms with van der Waals surface area (Å²) in [7, 11) is 0. The van der Waals surface area contributed by atoms with Crippen molar-refractivity contribution in [3.8, 4) is 0 Å². The molecular weight excluding hydrogens is 214 g/mol. The Morgan fingerprint density at radius 3 is 3.07 bits per heavy atom. The van der Waals surface area contributed by atoms with Crippen LogP contribution in [-0.2, 0) is 0 Å². The molecule has 3 N–H and O–H groups in total. The Labute approximate surface area is 92.4 Å². The van der Waals surface area contributed by atoms with Gasteiger partial charge in [0.05, 0.1) is 11.4 Å². The molecule has 1 aliphatic heterocycles. The highest BCUT2D eigenvalue weighted by molar-refractivity contribution is 7.99. The second-order valence-corrected chi connectivity index (χ2v) is 5.07. The molecule has 2 heterocycles. The van der Waals surface area contributed by atoms with Crippen LogP contribution in [0.2, 0.25) is 0 Å². The van der Waals surface area contributed by atoms with Gasteiger partial charge >= 0.3 is 0 Å². The predicted molar refractivity (Wildman–Crippen MR) is 57.3 cm³/mol. The topological polar surface area (TPSA) is 85.2 Å². The first-order valence-electron chi connectivity index (χ1n) is 5.07. The Balaban J connectivity index is 2.09. The largest absolute Gasteiger partial charge is 0.391 e. The molecule has 0 spiro atoms. The Kier molecular flexibility index (Phi) is 3.28. The molecule has 0 amide bonds. The van der Waals surface area contributed by atoms with E-state index in [1.807, 2.05) is 11.8 Å². The van der Waals surface area contributed by atoms with Gasteiger partial charge in [0.25, 0.3) is 0 Å². The molecule has 0 aromatic carbocycles. The van der Waals surface area contributed by atoms with E-state index >= 15 is 0 Å². The monoisotopic (exact) mass is 229 g/mol. The maximum atomic E-state index is 9.29. The molecule has 1 unspecified atom stereocenters. The van der Waals surface area contributed by atoms with E-state index in [-0.39, 0.29) is 0 Å². The highest BCUT2D eigenvalue weighted by Crippen LogP contribution is 2.38. The normalized spacial score (nSPS) is 25.4. The standard InChI is InChI=1S/C9H15N3O2S/c1-5(13)7(10)9-11-8(12-14-9)6-3-2-4-15-6/h5-7,13H,2-4,10H2,1H3/t5-,6?,7+/m1/s1. The minimum atomic E-state index is -0.672. The molecule has 1 aromatic heterocycles. The second-order valence-electron chi connectivity index (χ2n) is 3.76. The maximum absolute atomic E-state index is 9.29. The van der Waals surface area contributed by atoms with Crippen molar-refractivity contribution in [3.05, 3.63) is 11.7 Å². The lowest BCUT2D eigenvalue weighted by Gasteiger charge is -2.08. The molecular formula is C9H15N3O2S. The number of aromatic nitrogens is 2. The summed E-state index contributed by atoms with van der Waals surface area (Å²) >= 11 is 1.84. The van der Waals surface area contributed by atoms with Crippen LogP contribution in [0.4, 0.5) is 0 Å². The summed E-state index contributed by atoms with van der Waals surface area (Å²) in [6.45, 7) is 1.61. The van der Waals surface area contributed by atoms with E-state index in [9.17, 15) is 5.11 Å². The van der Waals surface area contributed by atoms with E-state index < -0.39 is 12.1 Å². The summed E-state index contributed by atoms with van der Waals surface area (Å²) in [6.07, 6.45) is 1.62. The van der Waals surface area contributed by atoms with Crippen LogP contribution >= 0.6 is 11.8 Å². The van der Waals surface area contributed by atoms with Gasteiger partial charge in [0.1, 0.15) is 6.04 Å². The van der Waals surface area contributed by atoms with E-state index in [2.05, 4.69) is 10.1 Å². The fourth-order valence-electron chi connectivity index (χ4n) is 1.50. The lowest BCUT2D eigenvalue weighted by Crippen LogP contribution is -2.23. The minimum absolute atomic E-state index is 0.326. The number of hydrogen-bond acceptors (Lipinski definition) is 6. The molecule has 6 heteroatoms. The van der Waals surface area contributed by atoms with E-state index in [1.165, 1.54) is 6.42 Å². The van der Waals surface area contributed by atoms with Crippen molar-refractivity contribution in [3.63, 3.8) is 0 Å². The highest BCUT2D eigenvalue weighted by atomic mass is 32.2. The number of nitrogens with zero attached hydrogens (tertiary/aromatic N) is 2. The molecule has 5 nitrogen and oxygen atoms in total. The summed E-state index contributed by atoms with van der Waals surface area (Å²) in [5.74, 6) is 2.19. The van der Waals surface area contributed by atoms with Crippen molar-refractivity contribution < 1.29 is 9.63 Å². The van der Waals surface area contributed by atoms with Crippen LogP contribution in [-0.4, -0.2) is 27.1 Å². The van der Waals surface area contributed by atoms with Crippen molar-refractivity contribution >= 4 is 11.8 Å². The van der Waals surface area contributed by atoms with Crippen molar-refractivity contribution in [1.82, 2.24) is 10.1 Å². The third kappa shape index (κ3) is 2.32. The zero-order valence-electron chi connectivity index (χ0n) is 8.59. The molecule has 0 bridgehead atoms. The molecule has 3 atom stereocenters. The van der Waals surface area contributed by atoms with Gasteiger partial charge in [0, 0.05) is 0 Å². The number of thioether (sulfide) groups is 1. The Morgan fingerprint density at radius 1 is 1.67 bits per heavy atom. The van der Waals surface area contributed by atoms with Crippen molar-refractivity contribution in [1.29, 1.82) is 0 Å². The molecule has 0 saturated carbocycles. The van der Waals surface area contributed by atoms with Gasteiger partial charge in [-0.05, 0) is 25.5 Å². The molecule has 84 valence electrons. The fraction of sp³-hybridized carbons (Fsp3) is 0.778. The van der Waals surface area contributed by atoms with Gasteiger partial charge in [-0.3, -0.25) is 0 Å². The van der Waals surface area contributed by atoms with Gasteiger partial charge in [0.2, 0.25) is 5.89 Å². The van der Waals surface area contributed by atoms with Crippen LogP contribution < -0.4 is 5.73 Å². The summed E-state index contributed by atoms with van der Waals surface area (Å²) < 4.78 is 5.04. The van der Waals surface area contributed by atoms with Crippen LogP contribution in [0.1, 0.15) is 42.8 Å². The minimum Gasteiger partial charge on any atom is -0.391 e. The molecule has 1 fully saturated rings. The first-order valence-corrected chi connectivity index (χ1v) is 6.12. The average molecular weight is 229 g/mol. The molecule has 0 radical (unpaired) electrons. The number of rotatable bonds is 3. The van der Waals surface area contributed by atoms with Crippen LogP contribution in [0, 0.1) is 0 Å². The van der Waals surface area contributed by atoms with Crippen molar-refractivity contribution in [2.24, 2.45) is 5.73 Å². The smallest absolute Gasteiger partial charge is 0.246 e. The van der Waals surface area contributed by atoms with Gasteiger partial charge in [0.15, 0.2) is 5.82 Å². The summed E-state index contributed by atoms with van der Waals surface area (Å²) in [5, 5.41) is 13.5. The number of aliphatic hydroxyl groups excluding tert-OH is 1. The van der Waals surface area contributed by atoms with Crippen LogP contribution in [0.15, 0.2) is 4.52 Å². The van der Waals surface area contributed by atoms with Crippen molar-refractivity contribution in [2.75, 3.05) is 5.75 Å². The third-order valence-corrected chi connectivity index (χ3v) is 3.85. The van der Waals surface area contributed by atoms with Crippen LogP contribution in [0.3, 0.4) is 0 Å². The van der Waals surface area contributed by atoms with Crippen LogP contribution in [0.25, 0.3) is 0 Å². The van der Waals surface area contributed by atoms with E-state index in [4.69, 9.17) is 10.3 Å². The van der Waals surface area contributed by atoms with E-state index in [0.29, 0.717) is 17.0 Å². The third-order valence-electron chi connectivity index (χ3n) is 2.48. The Bertz CT molecular complexity index is 306. The van der Waals surface area contributed by atoms with Gasteiger partial charge < -0.3 is 15.4 Å². The van der Waals surface area contributed by atoms with Crippen molar-refractivity contribution in [2.45, 2.75) is 37.2 Å². The molecule has 1 aromatic rings. The average Bonchev–Trinajstić information content (AvgIpc) is 2.86. The number of nitrogens with two attached hydrogens (primary N) is 1. The molecule has 1 aliphatic rings. The first-order chi connectivity index (χ1) is 7.18. The van der Waals surface area contributed by atoms with Gasteiger partial charge in [-0.2, -0.15) is 16.7 Å².